The number of rotatable bonds is 2. The normalized spacial score (nSPS) is 14.8. The molecule has 219 valence electrons. The van der Waals surface area contributed by atoms with E-state index in [0.717, 1.165) is 0 Å². The Bertz CT molecular complexity index is 1130. The monoisotopic (exact) mass is 861 g/mol. The van der Waals surface area contributed by atoms with Crippen molar-refractivity contribution in [3.63, 3.8) is 0 Å². The van der Waals surface area contributed by atoms with Gasteiger partial charge in [-0.15, -0.1) is 29.9 Å². The molecule has 3 aliphatic carbocycles. The molecule has 6 nitrogen and oxygen atoms in total. The average Bonchev–Trinajstić information content (AvgIpc) is 2.93. The van der Waals surface area contributed by atoms with Gasteiger partial charge in [-0.2, -0.15) is 46.0 Å². The minimum Gasteiger partial charge on any atom is -0.805 e. The molecule has 0 saturated heterocycles. The van der Waals surface area contributed by atoms with Gasteiger partial charge in [0.25, 0.3) is 0 Å². The molecule has 3 radical (unpaired) electrons. The van der Waals surface area contributed by atoms with E-state index in [1.165, 1.54) is 35.3 Å². The van der Waals surface area contributed by atoms with E-state index in [2.05, 4.69) is 5.25 Å². The maximum atomic E-state index is 9.31. The van der Waals surface area contributed by atoms with Gasteiger partial charge in [0.05, 0.1) is 0 Å². The Morgan fingerprint density at radius 2 is 0.667 bits per heavy atom. The molecule has 0 saturated carbocycles. The van der Waals surface area contributed by atoms with Crippen LogP contribution in [0.5, 0.6) is 0 Å². The van der Waals surface area contributed by atoms with Crippen molar-refractivity contribution in [2.45, 2.75) is 27.7 Å². The smallest absolute Gasteiger partial charge is 0 e. The Labute approximate surface area is 346 Å². The van der Waals surface area contributed by atoms with E-state index in [0.29, 0.717) is 32.1 Å². The number of nitrogens with zero attached hydrogens (tertiary/aromatic N) is 6. The largest absolute Gasteiger partial charge is 0.805 e. The number of hydrogen-bond acceptors (Lipinski definition) is 4. The molecule has 0 aromatic rings. The molecule has 0 spiro atoms. The van der Waals surface area contributed by atoms with Crippen LogP contribution < -0.4 is 0 Å². The molecule has 0 atom stereocenters. The first-order valence-corrected chi connectivity index (χ1v) is 16.6. The van der Waals surface area contributed by atoms with Crippen molar-refractivity contribution in [3.8, 4) is 11.7 Å². The molecule has 0 fully saturated rings. The zero-order chi connectivity index (χ0) is 30.7. The second kappa shape index (κ2) is 30.4. The van der Waals surface area contributed by atoms with Crippen LogP contribution in [0.4, 0.5) is 0 Å². The van der Waals surface area contributed by atoms with Gasteiger partial charge in [-0.3, -0.25) is 0 Å². The van der Waals surface area contributed by atoms with Crippen molar-refractivity contribution in [1.29, 1.82) is 0 Å². The summed E-state index contributed by atoms with van der Waals surface area (Å²) in [5, 5.41) is 57.7. The molecule has 0 aromatic heterocycles. The molecule has 0 unspecified atom stereocenters. The molecule has 0 aromatic carbocycles. The van der Waals surface area contributed by atoms with Crippen LogP contribution in [0.15, 0.2) is 68.6 Å². The van der Waals surface area contributed by atoms with Crippen molar-refractivity contribution in [2.75, 3.05) is 31.3 Å². The third kappa shape index (κ3) is 20.0. The summed E-state index contributed by atoms with van der Waals surface area (Å²) < 4.78 is 0. The van der Waals surface area contributed by atoms with Crippen molar-refractivity contribution in [1.82, 2.24) is 0 Å². The molecule has 0 amide bonds. The van der Waals surface area contributed by atoms with Gasteiger partial charge in [0.15, 0.2) is 0 Å². The van der Waals surface area contributed by atoms with Gasteiger partial charge >= 0.3 is 0 Å². The molecule has 0 heterocycles. The minimum atomic E-state index is -0.0168. The first-order chi connectivity index (χ1) is 18.3. The van der Waals surface area contributed by atoms with Crippen molar-refractivity contribution in [2.24, 2.45) is 0 Å². The van der Waals surface area contributed by atoms with E-state index in [4.69, 9.17) is 17.2 Å². The van der Waals surface area contributed by atoms with Crippen LogP contribution >= 0.6 is 47.0 Å². The van der Waals surface area contributed by atoms with Crippen molar-refractivity contribution >= 4 is 81.3 Å². The topological polar surface area (TPSA) is 134 Å². The summed E-state index contributed by atoms with van der Waals surface area (Å²) in [5.74, 6) is 0. The Morgan fingerprint density at radius 1 is 0.476 bits per heavy atom. The predicted molar refractivity (Wildman–Crippen MR) is 190 cm³/mol. The summed E-state index contributed by atoms with van der Waals surface area (Å²) in [4.78, 5) is 1.40. The summed E-state index contributed by atoms with van der Waals surface area (Å²) in [6, 6.07) is 0. The van der Waals surface area contributed by atoms with Crippen LogP contribution in [0, 0.1) is 11.7 Å². The van der Waals surface area contributed by atoms with Gasteiger partial charge in [0.2, 0.25) is 0 Å². The fraction of sp³-hybridized carbons (Fsp3) is 0.310. The summed E-state index contributed by atoms with van der Waals surface area (Å²) in [6.45, 7) is 6.99. The Morgan fingerprint density at radius 3 is 0.857 bits per heavy atom. The number of terminal acetylenes is 1. The number of allylic oxidation sites excluding steroid dienone is 12. The second-order valence-electron chi connectivity index (χ2n) is 7.69. The quantitative estimate of drug-likeness (QED) is 0.204. The summed E-state index contributed by atoms with van der Waals surface area (Å²) in [6.07, 6.45) is 25.1. The Hall–Kier alpha value is 0.732. The van der Waals surface area contributed by atoms with E-state index < -0.39 is 0 Å². The van der Waals surface area contributed by atoms with E-state index in [1.54, 1.807) is 75.9 Å². The molecule has 0 N–H and O–H groups in total. The molecule has 0 aliphatic heterocycles. The minimum absolute atomic E-state index is 0. The molecule has 13 heteroatoms. The fourth-order valence-corrected chi connectivity index (χ4v) is 3.42. The fourth-order valence-electron chi connectivity index (χ4n) is 2.43. The van der Waals surface area contributed by atoms with Gasteiger partial charge in [-0.1, -0.05) is 58.4 Å². The van der Waals surface area contributed by atoms with E-state index in [-0.39, 0.29) is 132 Å². The maximum Gasteiger partial charge on any atom is 0 e. The molecular formula is C29H34N6S4Y3-6. The third-order valence-electron chi connectivity index (χ3n) is 4.74. The summed E-state index contributed by atoms with van der Waals surface area (Å²) in [7, 11) is 0. The van der Waals surface area contributed by atoms with E-state index in [1.807, 2.05) is 31.3 Å². The van der Waals surface area contributed by atoms with Crippen molar-refractivity contribution < 1.29 is 98.1 Å². The zero-order valence-corrected chi connectivity index (χ0v) is 37.4. The van der Waals surface area contributed by atoms with Gasteiger partial charge in [-0.05, 0) is 86.2 Å². The van der Waals surface area contributed by atoms with Gasteiger partial charge in [0, 0.05) is 98.1 Å². The molecule has 0 bridgehead atoms. The van der Waals surface area contributed by atoms with E-state index in [9.17, 15) is 21.6 Å². The van der Waals surface area contributed by atoms with Crippen LogP contribution in [-0.2, 0) is 98.1 Å². The van der Waals surface area contributed by atoms with Crippen LogP contribution in [-0.4, -0.2) is 65.5 Å². The zero-order valence-electron chi connectivity index (χ0n) is 25.6. The first-order valence-electron chi connectivity index (χ1n) is 11.3. The Kier molecular flexibility index (Phi) is 37.8. The average molecular weight is 862 g/mol. The molecular weight excluding hydrogens is 827 g/mol. The first kappa shape index (κ1) is 52.3. The third-order valence-corrected chi connectivity index (χ3v) is 6.52. The second-order valence-corrected chi connectivity index (χ2v) is 10.8. The van der Waals surface area contributed by atoms with Crippen LogP contribution in [0.3, 0.4) is 0 Å². The number of thioether (sulfide) groups is 4. The number of hydrogen-bond donors (Lipinski definition) is 0. The summed E-state index contributed by atoms with van der Waals surface area (Å²) >= 11 is 5.95. The molecule has 42 heavy (non-hydrogen) atoms. The Balaban J connectivity index is -0.000000142. The molecule has 3 aliphatic rings. The maximum absolute atomic E-state index is 9.31. The van der Waals surface area contributed by atoms with Crippen LogP contribution in [0.1, 0.15) is 27.7 Å². The molecule has 3 rings (SSSR count). The standard InChI is InChI=1S/2C8H8N2S.C8H8N2.C3H4S.C2H6S.3Y/c2*1-5-3-4-6(11-2)8(10)7(5)9;1-5-3-4-6(2)8(10)7(5)9;1-3-4-2;1-3-2;;;/h2*3-4H,1-2H3;3-4H,1-2H3;1H,2H3;1-2H3;;;/q3*-2;;;;;. The van der Waals surface area contributed by atoms with E-state index >= 15 is 0 Å². The predicted octanol–water partition coefficient (Wildman–Crippen LogP) is 8.25. The van der Waals surface area contributed by atoms with Gasteiger partial charge in [-0.25, -0.2) is 0 Å². The van der Waals surface area contributed by atoms with Crippen LogP contribution in [0.2, 0.25) is 0 Å². The van der Waals surface area contributed by atoms with Crippen LogP contribution in [0.25, 0.3) is 32.5 Å². The SMILES string of the molecule is C#CSC.CC1=CC=C(C)C(=[N-])C1=[N-].CSC.CSC1=CC=C(C)C(=[N-])C1=[N-].CSC1=CC=C(C)C(=[N-])C1=[N-].[Y].[Y].[Y]. The van der Waals surface area contributed by atoms with Gasteiger partial charge < -0.3 is 32.5 Å². The summed E-state index contributed by atoms with van der Waals surface area (Å²) in [5.41, 5.74) is 2.69. The van der Waals surface area contributed by atoms with Gasteiger partial charge in [0.1, 0.15) is 0 Å². The van der Waals surface area contributed by atoms with Crippen molar-refractivity contribution in [3.05, 3.63) is 101 Å².